The Morgan fingerprint density at radius 1 is 1.60 bits per heavy atom. The Balaban J connectivity index is 2.13. The zero-order valence-electron chi connectivity index (χ0n) is 8.16. The highest BCUT2D eigenvalue weighted by molar-refractivity contribution is 9.10. The van der Waals surface area contributed by atoms with E-state index in [1.165, 1.54) is 5.56 Å². The van der Waals surface area contributed by atoms with Gasteiger partial charge in [0.05, 0.1) is 6.42 Å². The molecule has 0 fully saturated rings. The first-order chi connectivity index (χ1) is 7.15. The number of halogens is 1. The van der Waals surface area contributed by atoms with E-state index in [2.05, 4.69) is 21.2 Å². The summed E-state index contributed by atoms with van der Waals surface area (Å²) >= 11 is 3.41. The number of hydrogen-bond acceptors (Lipinski definition) is 2. The van der Waals surface area contributed by atoms with Crippen molar-refractivity contribution >= 4 is 27.6 Å². The standard InChI is InChI=1S/C11H12BrNO2/c12-9-2-1-8-3-7(4-11(14)15)6-13-10(8)5-9/h1-2,5,7,13H,3-4,6H2,(H,14,15). The lowest BCUT2D eigenvalue weighted by Crippen LogP contribution is -2.25. The van der Waals surface area contributed by atoms with Crippen LogP contribution in [0.4, 0.5) is 5.69 Å². The third-order valence-electron chi connectivity index (χ3n) is 2.62. The molecule has 0 aromatic heterocycles. The minimum atomic E-state index is -0.720. The Kier molecular flexibility index (Phi) is 2.95. The molecule has 0 saturated carbocycles. The Bertz CT molecular complexity index is 392. The first-order valence-corrected chi connectivity index (χ1v) is 5.68. The fourth-order valence-electron chi connectivity index (χ4n) is 1.92. The second kappa shape index (κ2) is 4.23. The van der Waals surface area contributed by atoms with E-state index in [9.17, 15) is 4.79 Å². The predicted molar refractivity (Wildman–Crippen MR) is 62.1 cm³/mol. The maximum Gasteiger partial charge on any atom is 0.303 e. The molecule has 1 aliphatic rings. The minimum Gasteiger partial charge on any atom is -0.481 e. The van der Waals surface area contributed by atoms with Crippen LogP contribution in [-0.2, 0) is 11.2 Å². The van der Waals surface area contributed by atoms with E-state index in [-0.39, 0.29) is 12.3 Å². The first-order valence-electron chi connectivity index (χ1n) is 4.89. The average molecular weight is 270 g/mol. The van der Waals surface area contributed by atoms with Gasteiger partial charge in [0, 0.05) is 16.7 Å². The smallest absolute Gasteiger partial charge is 0.303 e. The van der Waals surface area contributed by atoms with Crippen LogP contribution in [0.1, 0.15) is 12.0 Å². The molecule has 0 radical (unpaired) electrons. The van der Waals surface area contributed by atoms with E-state index in [1.54, 1.807) is 0 Å². The lowest BCUT2D eigenvalue weighted by atomic mass is 9.92. The fourth-order valence-corrected chi connectivity index (χ4v) is 2.28. The number of nitrogens with one attached hydrogen (secondary N) is 1. The second-order valence-electron chi connectivity index (χ2n) is 3.85. The predicted octanol–water partition coefficient (Wildman–Crippen LogP) is 2.51. The summed E-state index contributed by atoms with van der Waals surface area (Å²) in [4.78, 5) is 10.6. The molecular weight excluding hydrogens is 258 g/mol. The van der Waals surface area contributed by atoms with Crippen LogP contribution in [0, 0.1) is 5.92 Å². The van der Waals surface area contributed by atoms with Crippen LogP contribution in [-0.4, -0.2) is 17.6 Å². The molecule has 15 heavy (non-hydrogen) atoms. The molecule has 2 N–H and O–H groups in total. The summed E-state index contributed by atoms with van der Waals surface area (Å²) in [5.41, 5.74) is 2.32. The average Bonchev–Trinajstić information content (AvgIpc) is 2.17. The van der Waals surface area contributed by atoms with Crippen molar-refractivity contribution in [3.05, 3.63) is 28.2 Å². The monoisotopic (exact) mass is 269 g/mol. The summed E-state index contributed by atoms with van der Waals surface area (Å²) in [6.07, 6.45) is 1.09. The molecule has 2 rings (SSSR count). The van der Waals surface area contributed by atoms with Crippen molar-refractivity contribution in [2.75, 3.05) is 11.9 Å². The Labute approximate surface area is 96.6 Å². The Morgan fingerprint density at radius 3 is 3.13 bits per heavy atom. The summed E-state index contributed by atoms with van der Waals surface area (Å²) in [6, 6.07) is 6.07. The molecule has 1 aromatic rings. The van der Waals surface area contributed by atoms with Crippen LogP contribution in [0.5, 0.6) is 0 Å². The van der Waals surface area contributed by atoms with Gasteiger partial charge in [-0.25, -0.2) is 0 Å². The van der Waals surface area contributed by atoms with E-state index < -0.39 is 5.97 Å². The van der Waals surface area contributed by atoms with Gasteiger partial charge in [-0.05, 0) is 30.0 Å². The van der Waals surface area contributed by atoms with Crippen molar-refractivity contribution in [1.29, 1.82) is 0 Å². The van der Waals surface area contributed by atoms with Gasteiger partial charge in [0.15, 0.2) is 0 Å². The van der Waals surface area contributed by atoms with Gasteiger partial charge in [-0.3, -0.25) is 4.79 Å². The number of hydrogen-bond donors (Lipinski definition) is 2. The zero-order valence-corrected chi connectivity index (χ0v) is 9.75. The van der Waals surface area contributed by atoms with E-state index in [4.69, 9.17) is 5.11 Å². The van der Waals surface area contributed by atoms with Gasteiger partial charge in [-0.15, -0.1) is 0 Å². The minimum absolute atomic E-state index is 0.205. The van der Waals surface area contributed by atoms with Gasteiger partial charge in [-0.1, -0.05) is 22.0 Å². The normalized spacial score (nSPS) is 19.1. The molecule has 1 aromatic carbocycles. The van der Waals surface area contributed by atoms with E-state index >= 15 is 0 Å². The van der Waals surface area contributed by atoms with Crippen LogP contribution in [0.3, 0.4) is 0 Å². The number of aliphatic carboxylic acids is 1. The lowest BCUT2D eigenvalue weighted by molar-refractivity contribution is -0.138. The van der Waals surface area contributed by atoms with Gasteiger partial charge in [-0.2, -0.15) is 0 Å². The largest absolute Gasteiger partial charge is 0.481 e. The Hall–Kier alpha value is -1.03. The van der Waals surface area contributed by atoms with Crippen LogP contribution in [0.15, 0.2) is 22.7 Å². The maximum absolute atomic E-state index is 10.6. The Morgan fingerprint density at radius 2 is 2.40 bits per heavy atom. The van der Waals surface area contributed by atoms with Crippen molar-refractivity contribution < 1.29 is 9.90 Å². The summed E-state index contributed by atoms with van der Waals surface area (Å²) in [5, 5.41) is 12.0. The molecule has 0 aliphatic carbocycles. The lowest BCUT2D eigenvalue weighted by Gasteiger charge is -2.25. The number of carbonyl (C=O) groups is 1. The molecule has 4 heteroatoms. The molecule has 0 saturated heterocycles. The number of benzene rings is 1. The topological polar surface area (TPSA) is 49.3 Å². The summed E-state index contributed by atoms with van der Waals surface area (Å²) < 4.78 is 1.05. The highest BCUT2D eigenvalue weighted by Crippen LogP contribution is 2.28. The van der Waals surface area contributed by atoms with Gasteiger partial charge in [0.1, 0.15) is 0 Å². The third kappa shape index (κ3) is 2.50. The number of anilines is 1. The molecular formula is C11H12BrNO2. The van der Waals surface area contributed by atoms with E-state index in [0.717, 1.165) is 23.1 Å². The molecule has 80 valence electrons. The second-order valence-corrected chi connectivity index (χ2v) is 4.77. The number of carboxylic acids is 1. The van der Waals surface area contributed by atoms with Crippen molar-refractivity contribution in [1.82, 2.24) is 0 Å². The highest BCUT2D eigenvalue weighted by atomic mass is 79.9. The molecule has 1 heterocycles. The van der Waals surface area contributed by atoms with Crippen LogP contribution >= 0.6 is 15.9 Å². The molecule has 0 spiro atoms. The van der Waals surface area contributed by atoms with E-state index in [0.29, 0.717) is 0 Å². The molecule has 3 nitrogen and oxygen atoms in total. The van der Waals surface area contributed by atoms with Crippen LogP contribution < -0.4 is 5.32 Å². The quantitative estimate of drug-likeness (QED) is 0.868. The van der Waals surface area contributed by atoms with Crippen LogP contribution in [0.2, 0.25) is 0 Å². The number of fused-ring (bicyclic) bond motifs is 1. The SMILES string of the molecule is O=C(O)CC1CNc2cc(Br)ccc2C1. The highest BCUT2D eigenvalue weighted by Gasteiger charge is 2.20. The summed E-state index contributed by atoms with van der Waals surface area (Å²) in [5.74, 6) is -0.515. The third-order valence-corrected chi connectivity index (χ3v) is 3.12. The van der Waals surface area contributed by atoms with Crippen molar-refractivity contribution in [3.63, 3.8) is 0 Å². The molecule has 1 unspecified atom stereocenters. The van der Waals surface area contributed by atoms with Gasteiger partial charge in [0.25, 0.3) is 0 Å². The number of rotatable bonds is 2. The molecule has 0 amide bonds. The number of carboxylic acid groups (broad SMARTS) is 1. The van der Waals surface area contributed by atoms with Crippen molar-refractivity contribution in [3.8, 4) is 0 Å². The maximum atomic E-state index is 10.6. The van der Waals surface area contributed by atoms with Crippen LogP contribution in [0.25, 0.3) is 0 Å². The fraction of sp³-hybridized carbons (Fsp3) is 0.364. The summed E-state index contributed by atoms with van der Waals surface area (Å²) in [6.45, 7) is 0.746. The summed E-state index contributed by atoms with van der Waals surface area (Å²) in [7, 11) is 0. The van der Waals surface area contributed by atoms with Crippen molar-refractivity contribution in [2.24, 2.45) is 5.92 Å². The zero-order chi connectivity index (χ0) is 10.8. The molecule has 0 bridgehead atoms. The van der Waals surface area contributed by atoms with Gasteiger partial charge < -0.3 is 10.4 Å². The molecule has 1 atom stereocenters. The van der Waals surface area contributed by atoms with E-state index in [1.807, 2.05) is 18.2 Å². The first kappa shape index (κ1) is 10.5. The van der Waals surface area contributed by atoms with Gasteiger partial charge in [0.2, 0.25) is 0 Å². The van der Waals surface area contributed by atoms with Gasteiger partial charge >= 0.3 is 5.97 Å². The van der Waals surface area contributed by atoms with Crippen molar-refractivity contribution in [2.45, 2.75) is 12.8 Å². The molecule has 1 aliphatic heterocycles.